The van der Waals surface area contributed by atoms with Crippen molar-refractivity contribution in [2.45, 2.75) is 32.6 Å². The Hall–Kier alpha value is -0.120. The Balaban J connectivity index is 1.62. The molecule has 0 bridgehead atoms. The van der Waals surface area contributed by atoms with Crippen LogP contribution in [0.1, 0.15) is 32.6 Å². The molecule has 2 rings (SSSR count). The summed E-state index contributed by atoms with van der Waals surface area (Å²) in [7, 11) is 2.23. The van der Waals surface area contributed by atoms with Gasteiger partial charge >= 0.3 is 0 Å². The van der Waals surface area contributed by atoms with Gasteiger partial charge in [-0.25, -0.2) is 0 Å². The van der Waals surface area contributed by atoms with E-state index in [-0.39, 0.29) is 0 Å². The van der Waals surface area contributed by atoms with E-state index in [0.29, 0.717) is 5.41 Å². The lowest BCUT2D eigenvalue weighted by Gasteiger charge is -2.35. The van der Waals surface area contributed by atoms with Crippen LogP contribution < -0.4 is 5.32 Å². The number of rotatable bonds is 4. The van der Waals surface area contributed by atoms with Crippen LogP contribution in [-0.2, 0) is 4.74 Å². The van der Waals surface area contributed by atoms with Crippen LogP contribution in [0.5, 0.6) is 0 Å². The lowest BCUT2D eigenvalue weighted by atomic mass is 9.82. The predicted octanol–water partition coefficient (Wildman–Crippen LogP) is 1.73. The van der Waals surface area contributed by atoms with Crippen molar-refractivity contribution in [2.75, 3.05) is 46.4 Å². The van der Waals surface area contributed by atoms with Crippen LogP contribution in [-0.4, -0.2) is 51.3 Å². The Labute approximate surface area is 106 Å². The molecule has 100 valence electrons. The number of ether oxygens (including phenoxy) is 1. The molecule has 0 aromatic carbocycles. The molecule has 2 saturated heterocycles. The number of hydrogen-bond acceptors (Lipinski definition) is 3. The fourth-order valence-corrected chi connectivity index (χ4v) is 2.89. The lowest BCUT2D eigenvalue weighted by molar-refractivity contribution is 0.0234. The summed E-state index contributed by atoms with van der Waals surface area (Å²) >= 11 is 0. The molecule has 0 aromatic rings. The van der Waals surface area contributed by atoms with Crippen molar-refractivity contribution in [3.63, 3.8) is 0 Å². The van der Waals surface area contributed by atoms with Crippen LogP contribution in [0.4, 0.5) is 0 Å². The molecule has 1 N–H and O–H groups in total. The zero-order chi connectivity index (χ0) is 12.1. The molecular weight excluding hydrogens is 212 g/mol. The average molecular weight is 240 g/mol. The third-order valence-electron chi connectivity index (χ3n) is 4.52. The van der Waals surface area contributed by atoms with Gasteiger partial charge in [0.2, 0.25) is 0 Å². The van der Waals surface area contributed by atoms with Gasteiger partial charge in [-0.05, 0) is 63.7 Å². The van der Waals surface area contributed by atoms with Crippen LogP contribution in [0.15, 0.2) is 0 Å². The molecule has 0 unspecified atom stereocenters. The summed E-state index contributed by atoms with van der Waals surface area (Å²) in [5.41, 5.74) is 0.476. The Bertz CT molecular complexity index is 218. The van der Waals surface area contributed by atoms with Gasteiger partial charge in [0.05, 0.1) is 0 Å². The van der Waals surface area contributed by atoms with Gasteiger partial charge in [-0.1, -0.05) is 6.92 Å². The van der Waals surface area contributed by atoms with E-state index in [1.54, 1.807) is 0 Å². The van der Waals surface area contributed by atoms with E-state index in [9.17, 15) is 0 Å². The third-order valence-corrected chi connectivity index (χ3v) is 4.52. The summed E-state index contributed by atoms with van der Waals surface area (Å²) in [6, 6.07) is 0. The van der Waals surface area contributed by atoms with Gasteiger partial charge < -0.3 is 15.0 Å². The maximum Gasteiger partial charge on any atom is 0.0471 e. The standard InChI is InChI=1S/C14H28N2O/c1-14(5-9-17-10-6-14)12-15-11-13-3-7-16(2)8-4-13/h13,15H,3-12H2,1-2H3. The van der Waals surface area contributed by atoms with E-state index < -0.39 is 0 Å². The molecule has 2 aliphatic rings. The molecule has 0 aliphatic carbocycles. The van der Waals surface area contributed by atoms with Crippen molar-refractivity contribution in [3.05, 3.63) is 0 Å². The SMILES string of the molecule is CN1CCC(CNCC2(C)CCOCC2)CC1. The second kappa shape index (κ2) is 6.17. The van der Waals surface area contributed by atoms with Crippen molar-refractivity contribution in [1.82, 2.24) is 10.2 Å². The number of likely N-dealkylation sites (tertiary alicyclic amines) is 1. The molecule has 0 aromatic heterocycles. The first-order valence-electron chi connectivity index (χ1n) is 7.15. The monoisotopic (exact) mass is 240 g/mol. The third kappa shape index (κ3) is 4.23. The molecule has 0 spiro atoms. The van der Waals surface area contributed by atoms with Crippen LogP contribution >= 0.6 is 0 Å². The summed E-state index contributed by atoms with van der Waals surface area (Å²) < 4.78 is 5.44. The second-order valence-electron chi connectivity index (χ2n) is 6.30. The Morgan fingerprint density at radius 1 is 1.24 bits per heavy atom. The maximum absolute atomic E-state index is 5.44. The lowest BCUT2D eigenvalue weighted by Crippen LogP contribution is -2.40. The molecule has 0 radical (unpaired) electrons. The zero-order valence-electron chi connectivity index (χ0n) is 11.5. The topological polar surface area (TPSA) is 24.5 Å². The molecule has 2 heterocycles. The van der Waals surface area contributed by atoms with E-state index in [1.165, 1.54) is 51.9 Å². The number of nitrogens with one attached hydrogen (secondary N) is 1. The fraction of sp³-hybridized carbons (Fsp3) is 1.00. The highest BCUT2D eigenvalue weighted by molar-refractivity contribution is 4.80. The minimum atomic E-state index is 0.476. The summed E-state index contributed by atoms with van der Waals surface area (Å²) in [4.78, 5) is 2.44. The van der Waals surface area contributed by atoms with Gasteiger partial charge in [0.1, 0.15) is 0 Å². The van der Waals surface area contributed by atoms with Crippen molar-refractivity contribution in [3.8, 4) is 0 Å². The highest BCUT2D eigenvalue weighted by atomic mass is 16.5. The average Bonchev–Trinajstić information content (AvgIpc) is 2.32. The van der Waals surface area contributed by atoms with Gasteiger partial charge in [-0.3, -0.25) is 0 Å². The highest BCUT2D eigenvalue weighted by Gasteiger charge is 2.27. The van der Waals surface area contributed by atoms with E-state index >= 15 is 0 Å². The molecule has 2 aliphatic heterocycles. The van der Waals surface area contributed by atoms with Crippen molar-refractivity contribution in [2.24, 2.45) is 11.3 Å². The summed E-state index contributed by atoms with van der Waals surface area (Å²) in [5, 5.41) is 3.71. The molecular formula is C14H28N2O. The molecule has 0 saturated carbocycles. The van der Waals surface area contributed by atoms with Crippen LogP contribution in [0, 0.1) is 11.3 Å². The Morgan fingerprint density at radius 3 is 2.53 bits per heavy atom. The smallest absolute Gasteiger partial charge is 0.0471 e. The van der Waals surface area contributed by atoms with Crippen molar-refractivity contribution in [1.29, 1.82) is 0 Å². The van der Waals surface area contributed by atoms with E-state index in [0.717, 1.165) is 19.1 Å². The fourth-order valence-electron chi connectivity index (χ4n) is 2.89. The summed E-state index contributed by atoms with van der Waals surface area (Å²) in [6.45, 7) is 9.23. The minimum Gasteiger partial charge on any atom is -0.381 e. The highest BCUT2D eigenvalue weighted by Crippen LogP contribution is 2.28. The first kappa shape index (κ1) is 13.3. The largest absolute Gasteiger partial charge is 0.381 e. The molecule has 3 heteroatoms. The van der Waals surface area contributed by atoms with Gasteiger partial charge in [0.25, 0.3) is 0 Å². The molecule has 0 atom stereocenters. The van der Waals surface area contributed by atoms with Crippen LogP contribution in [0.2, 0.25) is 0 Å². The number of nitrogens with zero attached hydrogens (tertiary/aromatic N) is 1. The summed E-state index contributed by atoms with van der Waals surface area (Å²) in [5.74, 6) is 0.898. The summed E-state index contributed by atoms with van der Waals surface area (Å²) in [6.07, 6.45) is 5.16. The molecule has 2 fully saturated rings. The quantitative estimate of drug-likeness (QED) is 0.810. The number of hydrogen-bond donors (Lipinski definition) is 1. The maximum atomic E-state index is 5.44. The minimum absolute atomic E-state index is 0.476. The van der Waals surface area contributed by atoms with Gasteiger partial charge in [0.15, 0.2) is 0 Å². The Kier molecular flexibility index (Phi) is 4.83. The predicted molar refractivity (Wildman–Crippen MR) is 71.3 cm³/mol. The van der Waals surface area contributed by atoms with E-state index in [4.69, 9.17) is 4.74 Å². The molecule has 17 heavy (non-hydrogen) atoms. The number of piperidine rings is 1. The van der Waals surface area contributed by atoms with Gasteiger partial charge in [-0.15, -0.1) is 0 Å². The Morgan fingerprint density at radius 2 is 1.88 bits per heavy atom. The van der Waals surface area contributed by atoms with E-state index in [2.05, 4.69) is 24.2 Å². The van der Waals surface area contributed by atoms with E-state index in [1.807, 2.05) is 0 Å². The van der Waals surface area contributed by atoms with Crippen molar-refractivity contribution < 1.29 is 4.74 Å². The molecule has 0 amide bonds. The van der Waals surface area contributed by atoms with Crippen LogP contribution in [0.25, 0.3) is 0 Å². The van der Waals surface area contributed by atoms with Gasteiger partial charge in [-0.2, -0.15) is 0 Å². The second-order valence-corrected chi connectivity index (χ2v) is 6.30. The first-order valence-corrected chi connectivity index (χ1v) is 7.15. The van der Waals surface area contributed by atoms with Crippen LogP contribution in [0.3, 0.4) is 0 Å². The van der Waals surface area contributed by atoms with Crippen molar-refractivity contribution >= 4 is 0 Å². The molecule has 3 nitrogen and oxygen atoms in total. The first-order chi connectivity index (χ1) is 8.18. The normalized spacial score (nSPS) is 27.2. The zero-order valence-corrected chi connectivity index (χ0v) is 11.5. The van der Waals surface area contributed by atoms with Gasteiger partial charge in [0, 0.05) is 19.8 Å².